The van der Waals surface area contributed by atoms with Gasteiger partial charge >= 0.3 is 12.0 Å². The van der Waals surface area contributed by atoms with Crippen LogP contribution in [0.5, 0.6) is 0 Å². The number of nitrogens with one attached hydrogen (secondary N) is 1. The summed E-state index contributed by atoms with van der Waals surface area (Å²) in [5, 5.41) is 12.5. The first-order chi connectivity index (χ1) is 16.6. The number of benzene rings is 1. The average Bonchev–Trinajstić information content (AvgIpc) is 3.36. The zero-order valence-electron chi connectivity index (χ0n) is 21.5. The fraction of sp³-hybridized carbons (Fsp3) is 0.571. The summed E-state index contributed by atoms with van der Waals surface area (Å²) >= 11 is 6.66. The maximum Gasteiger partial charge on any atom is 0.326 e. The second kappa shape index (κ2) is 8.86. The average molecular weight is 521 g/mol. The van der Waals surface area contributed by atoms with Crippen molar-refractivity contribution in [1.29, 1.82) is 0 Å². The van der Waals surface area contributed by atoms with Gasteiger partial charge < -0.3 is 10.4 Å². The Bertz CT molecular complexity index is 1140. The van der Waals surface area contributed by atoms with Crippen molar-refractivity contribution in [3.63, 3.8) is 0 Å². The van der Waals surface area contributed by atoms with Gasteiger partial charge in [0.2, 0.25) is 0 Å². The third-order valence-electron chi connectivity index (χ3n) is 8.40. The Kier molecular flexibility index (Phi) is 6.56. The molecule has 2 fully saturated rings. The summed E-state index contributed by atoms with van der Waals surface area (Å²) in [6, 6.07) is 4.86. The number of hydrogen-bond acceptors (Lipinski definition) is 2. The van der Waals surface area contributed by atoms with Crippen LogP contribution >= 0.6 is 11.6 Å². The van der Waals surface area contributed by atoms with Crippen LogP contribution in [-0.4, -0.2) is 27.9 Å². The number of hydrogen-bond donors (Lipinski definition) is 2. The third kappa shape index (κ3) is 4.33. The number of amides is 2. The SMILES string of the molecule is C=C(CCC(=O)O)N1C=C2[C@H](C)[C@@H](C)CCC2(c2ccc(C3C(C(C)(C)C)C3(F)F)c(Cl)c2)NC1=O. The van der Waals surface area contributed by atoms with Crippen LogP contribution < -0.4 is 5.32 Å². The molecule has 36 heavy (non-hydrogen) atoms. The number of halogens is 3. The number of carbonyl (C=O) groups excluding carboxylic acids is 1. The first-order valence-electron chi connectivity index (χ1n) is 12.5. The lowest BCUT2D eigenvalue weighted by Gasteiger charge is -2.50. The molecule has 1 aliphatic heterocycles. The van der Waals surface area contributed by atoms with E-state index in [1.54, 1.807) is 18.3 Å². The molecular formula is C28H35ClF2N2O3. The van der Waals surface area contributed by atoms with Gasteiger partial charge in [-0.15, -0.1) is 0 Å². The lowest BCUT2D eigenvalue weighted by Crippen LogP contribution is -2.58. The van der Waals surface area contributed by atoms with Crippen LogP contribution in [0.4, 0.5) is 13.6 Å². The minimum absolute atomic E-state index is 0.116. The van der Waals surface area contributed by atoms with E-state index in [4.69, 9.17) is 16.7 Å². The smallest absolute Gasteiger partial charge is 0.326 e. The third-order valence-corrected chi connectivity index (χ3v) is 8.73. The maximum atomic E-state index is 14.7. The van der Waals surface area contributed by atoms with Gasteiger partial charge in [-0.2, -0.15) is 0 Å². The molecule has 5 nitrogen and oxygen atoms in total. The van der Waals surface area contributed by atoms with Gasteiger partial charge in [-0.1, -0.05) is 64.9 Å². The topological polar surface area (TPSA) is 69.6 Å². The number of carbonyl (C=O) groups is 2. The molecule has 2 amide bonds. The van der Waals surface area contributed by atoms with Crippen LogP contribution in [0, 0.1) is 23.2 Å². The Hall–Kier alpha value is -2.41. The van der Waals surface area contributed by atoms with Crippen LogP contribution in [-0.2, 0) is 10.3 Å². The number of allylic oxidation sites excluding steroid dienone is 1. The largest absolute Gasteiger partial charge is 0.481 e. The van der Waals surface area contributed by atoms with Gasteiger partial charge in [0.25, 0.3) is 5.92 Å². The summed E-state index contributed by atoms with van der Waals surface area (Å²) in [6.07, 6.45) is 3.32. The van der Waals surface area contributed by atoms with E-state index in [9.17, 15) is 18.4 Å². The van der Waals surface area contributed by atoms with Gasteiger partial charge in [-0.3, -0.25) is 9.69 Å². The Labute approximate surface area is 216 Å². The fourth-order valence-corrected chi connectivity index (χ4v) is 6.46. The lowest BCUT2D eigenvalue weighted by atomic mass is 9.64. The molecule has 8 heteroatoms. The molecule has 196 valence electrons. The Morgan fingerprint density at radius 2 is 1.94 bits per heavy atom. The molecule has 0 bridgehead atoms. The highest BCUT2D eigenvalue weighted by atomic mass is 35.5. The van der Waals surface area contributed by atoms with E-state index in [1.807, 2.05) is 26.8 Å². The standard InChI is InChI=1S/C28H35ClF2N2O3/c1-15-11-12-27(20(17(15)3)14-33(25(36)32-27)16(2)7-10-22(34)35)18-8-9-19(21(29)13-18)23-24(26(4,5)6)28(23,30)31/h8-9,13-15,17,23-24H,2,7,10-12H2,1,3-6H3,(H,32,36)(H,34,35)/t15-,17+,23?,24?,27?/m0/s1. The molecule has 0 aromatic heterocycles. The monoisotopic (exact) mass is 520 g/mol. The van der Waals surface area contributed by atoms with Crippen molar-refractivity contribution in [3.8, 4) is 0 Å². The zero-order valence-corrected chi connectivity index (χ0v) is 22.3. The molecule has 1 heterocycles. The van der Waals surface area contributed by atoms with E-state index < -0.39 is 40.7 Å². The molecule has 1 aromatic carbocycles. The molecule has 5 atom stereocenters. The van der Waals surface area contributed by atoms with Crippen LogP contribution in [0.3, 0.4) is 0 Å². The van der Waals surface area contributed by atoms with E-state index >= 15 is 0 Å². The van der Waals surface area contributed by atoms with Crippen molar-refractivity contribution in [3.05, 3.63) is 58.4 Å². The minimum atomic E-state index is -2.81. The van der Waals surface area contributed by atoms with Gasteiger partial charge in [0.05, 0.1) is 17.9 Å². The van der Waals surface area contributed by atoms with Crippen molar-refractivity contribution in [1.82, 2.24) is 10.2 Å². The summed E-state index contributed by atoms with van der Waals surface area (Å²) in [4.78, 5) is 25.7. The Morgan fingerprint density at radius 1 is 1.28 bits per heavy atom. The van der Waals surface area contributed by atoms with Gasteiger partial charge in [-0.25, -0.2) is 13.6 Å². The van der Waals surface area contributed by atoms with E-state index in [0.717, 1.165) is 17.6 Å². The van der Waals surface area contributed by atoms with Gasteiger partial charge in [-0.05, 0) is 59.3 Å². The molecule has 0 saturated heterocycles. The molecule has 3 unspecified atom stereocenters. The number of alkyl halides is 2. The number of carboxylic acid groups (broad SMARTS) is 1. The number of aliphatic carboxylic acids is 1. The van der Waals surface area contributed by atoms with Gasteiger partial charge in [0, 0.05) is 22.8 Å². The number of nitrogens with zero attached hydrogens (tertiary/aromatic N) is 1. The molecule has 2 N–H and O–H groups in total. The van der Waals surface area contributed by atoms with Gasteiger partial charge in [0.15, 0.2) is 0 Å². The Morgan fingerprint density at radius 3 is 2.50 bits per heavy atom. The minimum Gasteiger partial charge on any atom is -0.481 e. The number of rotatable bonds is 6. The van der Waals surface area contributed by atoms with Crippen molar-refractivity contribution >= 4 is 23.6 Å². The predicted molar refractivity (Wildman–Crippen MR) is 136 cm³/mol. The number of urea groups is 1. The van der Waals surface area contributed by atoms with Crippen LogP contribution in [0.1, 0.15) is 77.3 Å². The molecule has 3 aliphatic rings. The second-order valence-corrected chi connectivity index (χ2v) is 12.2. The van der Waals surface area contributed by atoms with E-state index in [0.29, 0.717) is 23.6 Å². The number of fused-ring (bicyclic) bond motifs is 1. The van der Waals surface area contributed by atoms with Crippen LogP contribution in [0.2, 0.25) is 5.02 Å². The van der Waals surface area contributed by atoms with Crippen molar-refractivity contribution in [2.45, 2.75) is 77.7 Å². The highest BCUT2D eigenvalue weighted by Crippen LogP contribution is 2.68. The fourth-order valence-electron chi connectivity index (χ4n) is 6.16. The van der Waals surface area contributed by atoms with Crippen LogP contribution in [0.25, 0.3) is 0 Å². The normalized spacial score (nSPS) is 31.3. The summed E-state index contributed by atoms with van der Waals surface area (Å²) < 4.78 is 29.5. The summed E-state index contributed by atoms with van der Waals surface area (Å²) in [6.45, 7) is 13.7. The first kappa shape index (κ1) is 26.6. The zero-order chi connectivity index (χ0) is 26.8. The van der Waals surface area contributed by atoms with E-state index in [1.165, 1.54) is 4.90 Å². The predicted octanol–water partition coefficient (Wildman–Crippen LogP) is 7.28. The second-order valence-electron chi connectivity index (χ2n) is 11.8. The van der Waals surface area contributed by atoms with Crippen molar-refractivity contribution < 1.29 is 23.5 Å². The van der Waals surface area contributed by atoms with Crippen molar-refractivity contribution in [2.75, 3.05) is 0 Å². The van der Waals surface area contributed by atoms with Gasteiger partial charge in [0.1, 0.15) is 0 Å². The molecule has 2 saturated carbocycles. The maximum absolute atomic E-state index is 14.7. The molecular weight excluding hydrogens is 486 g/mol. The first-order valence-corrected chi connectivity index (χ1v) is 12.9. The van der Waals surface area contributed by atoms with E-state index in [2.05, 4.69) is 25.7 Å². The Balaban J connectivity index is 1.72. The summed E-state index contributed by atoms with van der Waals surface area (Å²) in [5.41, 5.74) is 1.22. The molecule has 4 rings (SSSR count). The highest BCUT2D eigenvalue weighted by molar-refractivity contribution is 6.31. The lowest BCUT2D eigenvalue weighted by molar-refractivity contribution is -0.137. The highest BCUT2D eigenvalue weighted by Gasteiger charge is 2.72. The molecule has 1 aromatic rings. The van der Waals surface area contributed by atoms with E-state index in [-0.39, 0.29) is 23.8 Å². The van der Waals surface area contributed by atoms with Crippen LogP contribution in [0.15, 0.2) is 42.2 Å². The molecule has 2 aliphatic carbocycles. The number of carboxylic acids is 1. The quantitative estimate of drug-likeness (QED) is 0.414. The summed E-state index contributed by atoms with van der Waals surface area (Å²) in [7, 11) is 0. The van der Waals surface area contributed by atoms with Crippen molar-refractivity contribution in [2.24, 2.45) is 23.2 Å². The molecule has 0 spiro atoms. The molecule has 0 radical (unpaired) electrons. The summed E-state index contributed by atoms with van der Waals surface area (Å²) in [5.74, 6) is -4.99.